The van der Waals surface area contributed by atoms with Crippen LogP contribution in [0.2, 0.25) is 0 Å². The lowest BCUT2D eigenvalue weighted by molar-refractivity contribution is -0.120. The van der Waals surface area contributed by atoms with Gasteiger partial charge >= 0.3 is 5.97 Å². The minimum absolute atomic E-state index is 0.0162. The fraction of sp³-hybridized carbons (Fsp3) is 0.308. The summed E-state index contributed by atoms with van der Waals surface area (Å²) in [6.07, 6.45) is 0.586. The van der Waals surface area contributed by atoms with E-state index >= 15 is 0 Å². The molecule has 166 valence electrons. The first-order chi connectivity index (χ1) is 15.5. The quantitative estimate of drug-likeness (QED) is 0.573. The van der Waals surface area contributed by atoms with Crippen LogP contribution in [0.25, 0.3) is 0 Å². The van der Waals surface area contributed by atoms with Gasteiger partial charge in [0.1, 0.15) is 5.69 Å². The fourth-order valence-corrected chi connectivity index (χ4v) is 4.27. The van der Waals surface area contributed by atoms with Crippen molar-refractivity contribution in [3.63, 3.8) is 0 Å². The summed E-state index contributed by atoms with van der Waals surface area (Å²) in [6, 6.07) is 21.2. The zero-order valence-electron chi connectivity index (χ0n) is 18.7. The van der Waals surface area contributed by atoms with Gasteiger partial charge in [-0.2, -0.15) is 0 Å². The minimum atomic E-state index is -0.450. The molecule has 2 aromatic carbocycles. The van der Waals surface area contributed by atoms with Crippen LogP contribution in [0.5, 0.6) is 0 Å². The number of aromatic nitrogens is 1. The van der Waals surface area contributed by atoms with E-state index in [1.807, 2.05) is 60.7 Å². The molecular formula is C26H29N3O3. The third kappa shape index (κ3) is 4.46. The number of H-pyrrole nitrogens is 1. The van der Waals surface area contributed by atoms with Crippen molar-refractivity contribution in [2.75, 3.05) is 12.0 Å². The Morgan fingerprint density at radius 2 is 1.66 bits per heavy atom. The number of benzene rings is 2. The number of ether oxygens (including phenoxy) is 1. The normalized spacial score (nSPS) is 18.4. The molecule has 6 heteroatoms. The number of methoxy groups -OCH3 is 1. The molecule has 1 amide bonds. The minimum Gasteiger partial charge on any atom is -0.464 e. The second-order valence-corrected chi connectivity index (χ2v) is 8.51. The summed E-state index contributed by atoms with van der Waals surface area (Å²) < 4.78 is 4.93. The molecule has 0 spiro atoms. The summed E-state index contributed by atoms with van der Waals surface area (Å²) in [5.41, 5.74) is 4.02. The zero-order chi connectivity index (χ0) is 22.7. The Bertz CT molecular complexity index is 1080. The molecule has 3 aromatic rings. The Hall–Kier alpha value is -3.38. The van der Waals surface area contributed by atoms with Gasteiger partial charge in [0.2, 0.25) is 5.91 Å². The lowest BCUT2D eigenvalue weighted by atomic mass is 9.98. The maximum Gasteiger partial charge on any atom is 0.354 e. The highest BCUT2D eigenvalue weighted by Gasteiger charge is 2.37. The van der Waals surface area contributed by atoms with Crippen LogP contribution in [-0.2, 0) is 22.5 Å². The van der Waals surface area contributed by atoms with E-state index < -0.39 is 12.0 Å². The molecule has 2 N–H and O–H groups in total. The summed E-state index contributed by atoms with van der Waals surface area (Å²) in [5, 5.41) is 3.58. The van der Waals surface area contributed by atoms with Crippen molar-refractivity contribution >= 4 is 17.6 Å². The van der Waals surface area contributed by atoms with Crippen LogP contribution >= 0.6 is 0 Å². The predicted octanol–water partition coefficient (Wildman–Crippen LogP) is 4.25. The molecule has 0 saturated heterocycles. The molecule has 1 aliphatic heterocycles. The molecule has 2 atom stereocenters. The summed E-state index contributed by atoms with van der Waals surface area (Å²) in [5.74, 6) is -0.272. The summed E-state index contributed by atoms with van der Waals surface area (Å²) in [7, 11) is 1.36. The van der Waals surface area contributed by atoms with Gasteiger partial charge in [0.05, 0.1) is 37.1 Å². The number of nitrogens with one attached hydrogen (secondary N) is 2. The number of rotatable bonds is 6. The average molecular weight is 432 g/mol. The molecule has 0 aliphatic carbocycles. The van der Waals surface area contributed by atoms with Crippen molar-refractivity contribution in [1.82, 2.24) is 10.3 Å². The number of carbonyl (C=O) groups excluding carboxylic acids is 2. The Morgan fingerprint density at radius 3 is 2.25 bits per heavy atom. The lowest BCUT2D eigenvalue weighted by Gasteiger charge is -2.26. The number of carbonyl (C=O) groups is 2. The smallest absolute Gasteiger partial charge is 0.354 e. The van der Waals surface area contributed by atoms with E-state index in [4.69, 9.17) is 4.74 Å². The topological polar surface area (TPSA) is 74.4 Å². The molecule has 2 heterocycles. The van der Waals surface area contributed by atoms with Crippen LogP contribution in [-0.4, -0.2) is 30.0 Å². The van der Waals surface area contributed by atoms with Crippen molar-refractivity contribution in [3.8, 4) is 0 Å². The lowest BCUT2D eigenvalue weighted by Crippen LogP contribution is -2.47. The van der Waals surface area contributed by atoms with Crippen LogP contribution in [0, 0.1) is 5.92 Å². The fourth-order valence-electron chi connectivity index (χ4n) is 4.27. The van der Waals surface area contributed by atoms with Crippen LogP contribution in [0.1, 0.15) is 47.2 Å². The maximum atomic E-state index is 13.9. The highest BCUT2D eigenvalue weighted by atomic mass is 16.5. The van der Waals surface area contributed by atoms with Gasteiger partial charge in [-0.3, -0.25) is 10.1 Å². The van der Waals surface area contributed by atoms with Gasteiger partial charge in [-0.25, -0.2) is 4.79 Å². The predicted molar refractivity (Wildman–Crippen MR) is 124 cm³/mol. The third-order valence-electron chi connectivity index (χ3n) is 5.91. The van der Waals surface area contributed by atoms with Gasteiger partial charge in [0.15, 0.2) is 0 Å². The molecule has 1 aliphatic rings. The van der Waals surface area contributed by atoms with Crippen molar-refractivity contribution in [2.45, 2.75) is 38.9 Å². The van der Waals surface area contributed by atoms with Crippen molar-refractivity contribution < 1.29 is 14.3 Å². The number of nitrogens with zero attached hydrogens (tertiary/aromatic N) is 1. The van der Waals surface area contributed by atoms with Crippen LogP contribution < -0.4 is 10.2 Å². The van der Waals surface area contributed by atoms with Crippen LogP contribution in [0.15, 0.2) is 66.7 Å². The van der Waals surface area contributed by atoms with E-state index in [-0.39, 0.29) is 17.9 Å². The molecular weight excluding hydrogens is 402 g/mol. The van der Waals surface area contributed by atoms with Crippen molar-refractivity contribution in [2.24, 2.45) is 5.92 Å². The largest absolute Gasteiger partial charge is 0.464 e. The summed E-state index contributed by atoms with van der Waals surface area (Å²) in [4.78, 5) is 31.2. The Kier molecular flexibility index (Phi) is 6.42. The van der Waals surface area contributed by atoms with E-state index in [1.165, 1.54) is 7.11 Å². The average Bonchev–Trinajstić information content (AvgIpc) is 3.21. The van der Waals surface area contributed by atoms with Crippen molar-refractivity contribution in [1.29, 1.82) is 0 Å². The van der Waals surface area contributed by atoms with Gasteiger partial charge < -0.3 is 14.6 Å². The Balaban J connectivity index is 1.78. The first kappa shape index (κ1) is 21.8. The third-order valence-corrected chi connectivity index (χ3v) is 5.91. The molecule has 6 nitrogen and oxygen atoms in total. The molecule has 0 unspecified atom stereocenters. The van der Waals surface area contributed by atoms with E-state index in [9.17, 15) is 9.59 Å². The Morgan fingerprint density at radius 1 is 1.03 bits per heavy atom. The molecule has 0 radical (unpaired) electrons. The van der Waals surface area contributed by atoms with E-state index in [2.05, 4.69) is 24.1 Å². The van der Waals surface area contributed by atoms with E-state index in [1.54, 1.807) is 11.0 Å². The van der Waals surface area contributed by atoms with Gasteiger partial charge in [-0.1, -0.05) is 74.5 Å². The summed E-state index contributed by atoms with van der Waals surface area (Å²) >= 11 is 0. The number of hydrogen-bond donors (Lipinski definition) is 2. The number of aromatic amines is 1. The monoisotopic (exact) mass is 431 g/mol. The van der Waals surface area contributed by atoms with E-state index in [0.29, 0.717) is 18.7 Å². The van der Waals surface area contributed by atoms with Crippen LogP contribution in [0.3, 0.4) is 0 Å². The molecule has 4 rings (SSSR count). The highest BCUT2D eigenvalue weighted by Crippen LogP contribution is 2.36. The summed E-state index contributed by atoms with van der Waals surface area (Å²) in [6.45, 7) is 4.64. The number of hydrogen-bond acceptors (Lipinski definition) is 4. The first-order valence-electron chi connectivity index (χ1n) is 10.9. The molecule has 0 fully saturated rings. The number of amides is 1. The molecule has 1 aromatic heterocycles. The van der Waals surface area contributed by atoms with Gasteiger partial charge in [-0.15, -0.1) is 0 Å². The molecule has 32 heavy (non-hydrogen) atoms. The molecule has 0 bridgehead atoms. The Labute approximate surface area is 188 Å². The zero-order valence-corrected chi connectivity index (χ0v) is 18.7. The van der Waals surface area contributed by atoms with Gasteiger partial charge in [-0.05, 0) is 29.5 Å². The standard InChI is InChI=1S/C26H29N3O3/c1-17(2)23-24-22(15-21(28-24)26(31)32-3)29(16-19-12-8-5-9-13-19)25(30)20(27-23)14-18-10-6-4-7-11-18/h4-13,15,17,20,23,27-28H,14,16H2,1-3H3/t20-,23+/m0/s1. The second-order valence-electron chi connectivity index (χ2n) is 8.51. The van der Waals surface area contributed by atoms with Crippen molar-refractivity contribution in [3.05, 3.63) is 89.2 Å². The van der Waals surface area contributed by atoms with Gasteiger partial charge in [0.25, 0.3) is 0 Å². The molecule has 0 saturated carbocycles. The SMILES string of the molecule is COC(=O)c1cc2c([nH]1)[C@@H](C(C)C)N[C@@H](Cc1ccccc1)C(=O)N2Cc1ccccc1. The maximum absolute atomic E-state index is 13.9. The highest BCUT2D eigenvalue weighted by molar-refractivity contribution is 6.00. The number of anilines is 1. The van der Waals surface area contributed by atoms with E-state index in [0.717, 1.165) is 22.5 Å². The van der Waals surface area contributed by atoms with Gasteiger partial charge in [0, 0.05) is 0 Å². The number of esters is 1. The first-order valence-corrected chi connectivity index (χ1v) is 10.9. The number of fused-ring (bicyclic) bond motifs is 1. The second kappa shape index (κ2) is 9.40. The van der Waals surface area contributed by atoms with Crippen LogP contribution in [0.4, 0.5) is 5.69 Å².